The number of methoxy groups -OCH3 is 2. The van der Waals surface area contributed by atoms with E-state index in [2.05, 4.69) is 6.07 Å². The minimum Gasteiger partial charge on any atom is -0.346 e. The summed E-state index contributed by atoms with van der Waals surface area (Å²) >= 11 is 0. The summed E-state index contributed by atoms with van der Waals surface area (Å²) in [6.07, 6.45) is 0. The first-order valence-electron chi connectivity index (χ1n) is 3.55. The van der Waals surface area contributed by atoms with Gasteiger partial charge in [0.2, 0.25) is 5.79 Å². The van der Waals surface area contributed by atoms with Crippen molar-refractivity contribution in [1.82, 2.24) is 0 Å². The Kier molecular flexibility index (Phi) is 1.28. The fraction of sp³-hybridized carbons (Fsp3) is 0.333. The molecule has 2 aliphatic rings. The van der Waals surface area contributed by atoms with Crippen molar-refractivity contribution in [3.05, 3.63) is 35.4 Å². The molecule has 0 heterocycles. The van der Waals surface area contributed by atoms with Crippen LogP contribution in [0.1, 0.15) is 11.1 Å². The molecule has 0 unspecified atom stereocenters. The molecule has 0 atom stereocenters. The molecule has 2 aliphatic carbocycles. The fourth-order valence-electron chi connectivity index (χ4n) is 1.57. The lowest BCUT2D eigenvalue weighted by molar-refractivity contribution is -0.193. The van der Waals surface area contributed by atoms with Gasteiger partial charge < -0.3 is 9.47 Å². The highest BCUT2D eigenvalue weighted by atomic mass is 16.7. The average molecular weight is 150 g/mol. The van der Waals surface area contributed by atoms with Crippen molar-refractivity contribution in [1.29, 1.82) is 0 Å². The molecule has 0 amide bonds. The van der Waals surface area contributed by atoms with Crippen molar-refractivity contribution >= 4 is 0 Å². The van der Waals surface area contributed by atoms with Crippen LogP contribution in [0.2, 0.25) is 0 Å². The maximum atomic E-state index is 5.28. The van der Waals surface area contributed by atoms with E-state index in [1.165, 1.54) is 0 Å². The van der Waals surface area contributed by atoms with Crippen LogP contribution in [0.15, 0.2) is 24.3 Å². The van der Waals surface area contributed by atoms with Crippen LogP contribution in [-0.4, -0.2) is 14.2 Å². The van der Waals surface area contributed by atoms with Crippen LogP contribution in [0, 0.1) is 0 Å². The summed E-state index contributed by atoms with van der Waals surface area (Å²) in [6.45, 7) is 0. The number of hydrogen-bond acceptors (Lipinski definition) is 2. The molecule has 2 bridgehead atoms. The van der Waals surface area contributed by atoms with Gasteiger partial charge in [0.15, 0.2) is 0 Å². The van der Waals surface area contributed by atoms with Crippen molar-refractivity contribution in [2.75, 3.05) is 14.2 Å². The molecule has 1 aromatic rings. The molecule has 0 spiro atoms. The van der Waals surface area contributed by atoms with Crippen LogP contribution in [0.25, 0.3) is 0 Å². The topological polar surface area (TPSA) is 18.5 Å². The Morgan fingerprint density at radius 1 is 1.09 bits per heavy atom. The average Bonchev–Trinajstić information content (AvgIpc) is 2.08. The van der Waals surface area contributed by atoms with Crippen molar-refractivity contribution in [2.24, 2.45) is 0 Å². The van der Waals surface area contributed by atoms with E-state index in [0.29, 0.717) is 0 Å². The van der Waals surface area contributed by atoms with Crippen LogP contribution in [0.4, 0.5) is 0 Å². The molecular weight excluding hydrogens is 140 g/mol. The quantitative estimate of drug-likeness (QED) is 0.595. The zero-order valence-electron chi connectivity index (χ0n) is 6.63. The first kappa shape index (κ1) is 6.83. The van der Waals surface area contributed by atoms with E-state index in [9.17, 15) is 0 Å². The minimum atomic E-state index is -0.547. The molecule has 0 fully saturated rings. The van der Waals surface area contributed by atoms with Crippen molar-refractivity contribution < 1.29 is 9.47 Å². The molecule has 0 aromatic heterocycles. The highest BCUT2D eigenvalue weighted by Gasteiger charge is 2.41. The SMILES string of the molecule is COC1(OC)c2cccc1c2. The normalized spacial score (nSPS) is 17.6. The summed E-state index contributed by atoms with van der Waals surface area (Å²) in [5.41, 5.74) is 2.19. The lowest BCUT2D eigenvalue weighted by atomic mass is 9.85. The summed E-state index contributed by atoms with van der Waals surface area (Å²) in [5, 5.41) is 0. The predicted octanol–water partition coefficient (Wildman–Crippen LogP) is 1.49. The third kappa shape index (κ3) is 0.633. The Morgan fingerprint density at radius 3 is 1.91 bits per heavy atom. The largest absolute Gasteiger partial charge is 0.346 e. The summed E-state index contributed by atoms with van der Waals surface area (Å²) in [4.78, 5) is 0. The van der Waals surface area contributed by atoms with Crippen LogP contribution in [0.5, 0.6) is 0 Å². The van der Waals surface area contributed by atoms with Gasteiger partial charge in [-0.15, -0.1) is 0 Å². The van der Waals surface area contributed by atoms with E-state index in [-0.39, 0.29) is 0 Å². The van der Waals surface area contributed by atoms with Gasteiger partial charge in [-0.25, -0.2) is 0 Å². The van der Waals surface area contributed by atoms with E-state index >= 15 is 0 Å². The van der Waals surface area contributed by atoms with E-state index < -0.39 is 5.79 Å². The molecule has 0 saturated carbocycles. The fourth-order valence-corrected chi connectivity index (χ4v) is 1.57. The molecule has 11 heavy (non-hydrogen) atoms. The molecule has 3 rings (SSSR count). The maximum absolute atomic E-state index is 5.28. The third-order valence-electron chi connectivity index (χ3n) is 2.20. The van der Waals surface area contributed by atoms with Crippen molar-refractivity contribution in [2.45, 2.75) is 5.79 Å². The van der Waals surface area contributed by atoms with Crippen molar-refractivity contribution in [3.63, 3.8) is 0 Å². The van der Waals surface area contributed by atoms with E-state index in [1.54, 1.807) is 14.2 Å². The summed E-state index contributed by atoms with van der Waals surface area (Å²) in [5.74, 6) is -0.547. The number of ether oxygens (including phenoxy) is 2. The minimum absolute atomic E-state index is 0.547. The Bertz CT molecular complexity index is 248. The van der Waals surface area contributed by atoms with Gasteiger partial charge in [0.05, 0.1) is 0 Å². The molecular formula is C9H10O2. The van der Waals surface area contributed by atoms with Crippen molar-refractivity contribution in [3.8, 4) is 0 Å². The molecule has 2 heteroatoms. The number of fused-ring (bicyclic) bond motifs is 2. The number of hydrogen-bond donors (Lipinski definition) is 0. The lowest BCUT2D eigenvalue weighted by Crippen LogP contribution is -2.38. The Labute approximate surface area is 65.7 Å². The Morgan fingerprint density at radius 2 is 1.64 bits per heavy atom. The second kappa shape index (κ2) is 2.06. The van der Waals surface area contributed by atoms with Gasteiger partial charge in [-0.3, -0.25) is 0 Å². The molecule has 0 radical (unpaired) electrons. The van der Waals surface area contributed by atoms with E-state index in [0.717, 1.165) is 11.1 Å². The molecule has 0 aliphatic heterocycles. The second-order valence-electron chi connectivity index (χ2n) is 2.61. The standard InChI is InChI=1S/C9H10O2/c1-10-9(11-2)7-4-3-5-8(9)6-7/h3-6H,1-2H3. The Hall–Kier alpha value is -0.860. The molecule has 0 N–H and O–H groups in total. The first-order valence-corrected chi connectivity index (χ1v) is 3.55. The van der Waals surface area contributed by atoms with Crippen LogP contribution < -0.4 is 0 Å². The van der Waals surface area contributed by atoms with Crippen LogP contribution >= 0.6 is 0 Å². The molecule has 0 saturated heterocycles. The first-order chi connectivity index (χ1) is 5.33. The highest BCUT2D eigenvalue weighted by Crippen LogP contribution is 2.42. The van der Waals surface area contributed by atoms with Gasteiger partial charge in [-0.2, -0.15) is 0 Å². The lowest BCUT2D eigenvalue weighted by Gasteiger charge is -2.38. The summed E-state index contributed by atoms with van der Waals surface area (Å²) in [7, 11) is 3.31. The smallest absolute Gasteiger partial charge is 0.221 e. The Balaban J connectivity index is 2.46. The van der Waals surface area contributed by atoms with Gasteiger partial charge in [0, 0.05) is 25.3 Å². The monoisotopic (exact) mass is 150 g/mol. The molecule has 58 valence electrons. The zero-order valence-corrected chi connectivity index (χ0v) is 6.63. The molecule has 1 aromatic carbocycles. The van der Waals surface area contributed by atoms with E-state index in [4.69, 9.17) is 9.47 Å². The second-order valence-corrected chi connectivity index (χ2v) is 2.61. The van der Waals surface area contributed by atoms with Crippen LogP contribution in [0.3, 0.4) is 0 Å². The van der Waals surface area contributed by atoms with Gasteiger partial charge in [0.25, 0.3) is 0 Å². The number of rotatable bonds is 2. The van der Waals surface area contributed by atoms with E-state index in [1.807, 2.05) is 18.2 Å². The number of benzene rings is 1. The zero-order chi connectivity index (χ0) is 7.90. The van der Waals surface area contributed by atoms with Gasteiger partial charge >= 0.3 is 0 Å². The van der Waals surface area contributed by atoms with Crippen LogP contribution in [-0.2, 0) is 15.3 Å². The third-order valence-corrected chi connectivity index (χ3v) is 2.20. The predicted molar refractivity (Wildman–Crippen MR) is 41.2 cm³/mol. The van der Waals surface area contributed by atoms with Gasteiger partial charge in [-0.1, -0.05) is 18.2 Å². The maximum Gasteiger partial charge on any atom is 0.221 e. The molecule has 2 nitrogen and oxygen atoms in total. The highest BCUT2D eigenvalue weighted by molar-refractivity contribution is 5.45. The van der Waals surface area contributed by atoms with Gasteiger partial charge in [-0.05, 0) is 6.07 Å². The van der Waals surface area contributed by atoms with Gasteiger partial charge in [0.1, 0.15) is 0 Å². The summed E-state index contributed by atoms with van der Waals surface area (Å²) in [6, 6.07) is 8.06. The summed E-state index contributed by atoms with van der Waals surface area (Å²) < 4.78 is 10.6.